The van der Waals surface area contributed by atoms with Gasteiger partial charge in [-0.05, 0) is 50.3 Å². The molecule has 0 unspecified atom stereocenters. The first-order valence-electron chi connectivity index (χ1n) is 4.92. The summed E-state index contributed by atoms with van der Waals surface area (Å²) in [6, 6.07) is 5.99. The quantitative estimate of drug-likeness (QED) is 0.859. The zero-order valence-electron chi connectivity index (χ0n) is 9.58. The SMILES string of the molecule is CSc1ccc(Br)cc1CC(C)(C)C(=O)O. The van der Waals surface area contributed by atoms with Gasteiger partial charge in [0.25, 0.3) is 0 Å². The van der Waals surface area contributed by atoms with Crippen molar-refractivity contribution in [3.05, 3.63) is 28.2 Å². The molecule has 2 nitrogen and oxygen atoms in total. The van der Waals surface area contributed by atoms with E-state index in [1.807, 2.05) is 24.5 Å². The maximum atomic E-state index is 11.1. The summed E-state index contributed by atoms with van der Waals surface area (Å²) in [5, 5.41) is 9.12. The van der Waals surface area contributed by atoms with Crippen LogP contribution in [0.3, 0.4) is 0 Å². The molecule has 0 saturated carbocycles. The highest BCUT2D eigenvalue weighted by molar-refractivity contribution is 9.10. The van der Waals surface area contributed by atoms with E-state index in [2.05, 4.69) is 15.9 Å². The number of benzene rings is 1. The maximum Gasteiger partial charge on any atom is 0.309 e. The highest BCUT2D eigenvalue weighted by atomic mass is 79.9. The number of thioether (sulfide) groups is 1. The van der Waals surface area contributed by atoms with Crippen molar-refractivity contribution in [2.24, 2.45) is 5.41 Å². The fraction of sp³-hybridized carbons (Fsp3) is 0.417. The molecule has 88 valence electrons. The van der Waals surface area contributed by atoms with E-state index in [1.165, 1.54) is 0 Å². The average molecular weight is 303 g/mol. The van der Waals surface area contributed by atoms with Crippen LogP contribution in [0.1, 0.15) is 19.4 Å². The third-order valence-corrected chi connectivity index (χ3v) is 3.79. The molecule has 1 aromatic rings. The summed E-state index contributed by atoms with van der Waals surface area (Å²) in [5.74, 6) is -0.764. The van der Waals surface area contributed by atoms with Crippen LogP contribution in [-0.2, 0) is 11.2 Å². The van der Waals surface area contributed by atoms with E-state index in [4.69, 9.17) is 5.11 Å². The first kappa shape index (κ1) is 13.6. The van der Waals surface area contributed by atoms with E-state index >= 15 is 0 Å². The van der Waals surface area contributed by atoms with Crippen molar-refractivity contribution in [3.63, 3.8) is 0 Å². The average Bonchev–Trinajstić information content (AvgIpc) is 2.17. The van der Waals surface area contributed by atoms with Gasteiger partial charge in [-0.1, -0.05) is 15.9 Å². The van der Waals surface area contributed by atoms with Crippen molar-refractivity contribution in [3.8, 4) is 0 Å². The number of hydrogen-bond donors (Lipinski definition) is 1. The van der Waals surface area contributed by atoms with Gasteiger partial charge in [-0.15, -0.1) is 11.8 Å². The van der Waals surface area contributed by atoms with E-state index in [-0.39, 0.29) is 0 Å². The third-order valence-electron chi connectivity index (χ3n) is 2.45. The molecule has 0 heterocycles. The molecule has 16 heavy (non-hydrogen) atoms. The Balaban J connectivity index is 3.04. The van der Waals surface area contributed by atoms with Crippen LogP contribution in [0.5, 0.6) is 0 Å². The monoisotopic (exact) mass is 302 g/mol. The van der Waals surface area contributed by atoms with Crippen LogP contribution < -0.4 is 0 Å². The molecule has 0 amide bonds. The van der Waals surface area contributed by atoms with Gasteiger partial charge in [-0.3, -0.25) is 4.79 Å². The molecule has 1 rings (SSSR count). The second kappa shape index (κ2) is 5.23. The molecule has 0 aliphatic rings. The Morgan fingerprint density at radius 1 is 1.50 bits per heavy atom. The van der Waals surface area contributed by atoms with Gasteiger partial charge in [0.1, 0.15) is 0 Å². The molecule has 0 bridgehead atoms. The fourth-order valence-corrected chi connectivity index (χ4v) is 2.44. The summed E-state index contributed by atoms with van der Waals surface area (Å²) < 4.78 is 0.987. The van der Waals surface area contributed by atoms with E-state index in [0.29, 0.717) is 6.42 Å². The second-order valence-electron chi connectivity index (χ2n) is 4.32. The molecule has 1 N–H and O–H groups in total. The summed E-state index contributed by atoms with van der Waals surface area (Å²) in [4.78, 5) is 12.2. The zero-order chi connectivity index (χ0) is 12.3. The number of rotatable bonds is 4. The molecule has 0 spiro atoms. The van der Waals surface area contributed by atoms with Crippen molar-refractivity contribution in [1.29, 1.82) is 0 Å². The molecular weight excluding hydrogens is 288 g/mol. The predicted molar refractivity (Wildman–Crippen MR) is 71.0 cm³/mol. The summed E-state index contributed by atoms with van der Waals surface area (Å²) in [6.45, 7) is 3.50. The lowest BCUT2D eigenvalue weighted by Crippen LogP contribution is -2.26. The summed E-state index contributed by atoms with van der Waals surface area (Å²) in [5.41, 5.74) is 0.347. The molecule has 0 fully saturated rings. The summed E-state index contributed by atoms with van der Waals surface area (Å²) in [7, 11) is 0. The molecule has 0 radical (unpaired) electrons. The first-order valence-corrected chi connectivity index (χ1v) is 6.94. The lowest BCUT2D eigenvalue weighted by atomic mass is 9.86. The number of halogens is 1. The highest BCUT2D eigenvalue weighted by Gasteiger charge is 2.28. The van der Waals surface area contributed by atoms with Gasteiger partial charge in [0.2, 0.25) is 0 Å². The molecule has 0 aliphatic carbocycles. The Hall–Kier alpha value is -0.480. The topological polar surface area (TPSA) is 37.3 Å². The molecular formula is C12H15BrO2S. The van der Waals surface area contributed by atoms with Crippen LogP contribution in [0.2, 0.25) is 0 Å². The van der Waals surface area contributed by atoms with Crippen LogP contribution in [0, 0.1) is 5.41 Å². The van der Waals surface area contributed by atoms with Crippen molar-refractivity contribution in [2.75, 3.05) is 6.26 Å². The lowest BCUT2D eigenvalue weighted by Gasteiger charge is -2.20. The van der Waals surface area contributed by atoms with Gasteiger partial charge in [-0.2, -0.15) is 0 Å². The van der Waals surface area contributed by atoms with Crippen LogP contribution in [-0.4, -0.2) is 17.3 Å². The Labute approximate surface area is 109 Å². The van der Waals surface area contributed by atoms with E-state index in [9.17, 15) is 4.79 Å². The standard InChI is InChI=1S/C12H15BrO2S/c1-12(2,11(14)15)7-8-6-9(13)4-5-10(8)16-3/h4-6H,7H2,1-3H3,(H,14,15). The Kier molecular flexibility index (Phi) is 4.44. The minimum absolute atomic E-state index is 0.540. The molecule has 1 aromatic carbocycles. The molecule has 0 aromatic heterocycles. The van der Waals surface area contributed by atoms with Gasteiger partial charge < -0.3 is 5.11 Å². The smallest absolute Gasteiger partial charge is 0.309 e. The van der Waals surface area contributed by atoms with Crippen molar-refractivity contribution >= 4 is 33.7 Å². The number of carbonyl (C=O) groups is 1. The van der Waals surface area contributed by atoms with E-state index < -0.39 is 11.4 Å². The second-order valence-corrected chi connectivity index (χ2v) is 6.09. The normalized spacial score (nSPS) is 11.5. The molecule has 0 saturated heterocycles. The number of aliphatic carboxylic acids is 1. The molecule has 0 aliphatic heterocycles. The number of carboxylic acid groups (broad SMARTS) is 1. The number of hydrogen-bond acceptors (Lipinski definition) is 2. The highest BCUT2D eigenvalue weighted by Crippen LogP contribution is 2.30. The first-order chi connectivity index (χ1) is 7.36. The zero-order valence-corrected chi connectivity index (χ0v) is 12.0. The van der Waals surface area contributed by atoms with Gasteiger partial charge in [0.05, 0.1) is 5.41 Å². The van der Waals surface area contributed by atoms with E-state index in [1.54, 1.807) is 25.6 Å². The van der Waals surface area contributed by atoms with Crippen LogP contribution in [0.4, 0.5) is 0 Å². The third kappa shape index (κ3) is 3.25. The van der Waals surface area contributed by atoms with Gasteiger partial charge in [-0.25, -0.2) is 0 Å². The maximum absolute atomic E-state index is 11.1. The van der Waals surface area contributed by atoms with Crippen LogP contribution >= 0.6 is 27.7 Å². The van der Waals surface area contributed by atoms with Gasteiger partial charge >= 0.3 is 5.97 Å². The summed E-state index contributed by atoms with van der Waals surface area (Å²) in [6.07, 6.45) is 2.54. The molecule has 4 heteroatoms. The van der Waals surface area contributed by atoms with Crippen molar-refractivity contribution in [2.45, 2.75) is 25.2 Å². The molecule has 0 atom stereocenters. The number of carboxylic acids is 1. The summed E-state index contributed by atoms with van der Waals surface area (Å²) >= 11 is 5.06. The van der Waals surface area contributed by atoms with Crippen LogP contribution in [0.25, 0.3) is 0 Å². The minimum Gasteiger partial charge on any atom is -0.481 e. The predicted octanol–water partition coefficient (Wildman–Crippen LogP) is 3.82. The fourth-order valence-electron chi connectivity index (χ4n) is 1.44. The van der Waals surface area contributed by atoms with E-state index in [0.717, 1.165) is 14.9 Å². The van der Waals surface area contributed by atoms with Gasteiger partial charge in [0, 0.05) is 9.37 Å². The van der Waals surface area contributed by atoms with Crippen molar-refractivity contribution in [1.82, 2.24) is 0 Å². The Morgan fingerprint density at radius 2 is 2.12 bits per heavy atom. The Bertz CT molecular complexity index is 402. The van der Waals surface area contributed by atoms with Crippen molar-refractivity contribution < 1.29 is 9.90 Å². The Morgan fingerprint density at radius 3 is 2.62 bits per heavy atom. The largest absolute Gasteiger partial charge is 0.481 e. The van der Waals surface area contributed by atoms with Crippen LogP contribution in [0.15, 0.2) is 27.6 Å². The minimum atomic E-state index is -0.764. The van der Waals surface area contributed by atoms with Gasteiger partial charge in [0.15, 0.2) is 0 Å². The lowest BCUT2D eigenvalue weighted by molar-refractivity contribution is -0.146.